The van der Waals surface area contributed by atoms with E-state index in [1.807, 2.05) is 13.8 Å². The molecule has 0 aliphatic carbocycles. The Bertz CT molecular complexity index is 59.8. The van der Waals surface area contributed by atoms with Crippen LogP contribution in [0.4, 0.5) is 0 Å². The molecule has 0 aliphatic heterocycles. The van der Waals surface area contributed by atoms with Crippen molar-refractivity contribution in [3.05, 3.63) is 0 Å². The van der Waals surface area contributed by atoms with Gasteiger partial charge in [0.15, 0.2) is 0 Å². The molecule has 3 nitrogen and oxygen atoms in total. The largest absolute Gasteiger partial charge is 0.326 e. The second kappa shape index (κ2) is 15.8. The van der Waals surface area contributed by atoms with Crippen molar-refractivity contribution in [3.8, 4) is 0 Å². The average Bonchev–Trinajstić information content (AvgIpc) is 1.72. The lowest BCUT2D eigenvalue weighted by atomic mass is 10.9. The fraction of sp³-hybridized carbons (Fsp3) is 1.00. The molecule has 9 heavy (non-hydrogen) atoms. The summed E-state index contributed by atoms with van der Waals surface area (Å²) in [6.45, 7) is 5.98. The molecule has 0 fully saturated rings. The first-order valence-corrected chi connectivity index (χ1v) is 3.89. The van der Waals surface area contributed by atoms with Gasteiger partial charge in [0.25, 0.3) is 0 Å². The average molecular weight is 177 g/mol. The summed E-state index contributed by atoms with van der Waals surface area (Å²) in [5.74, 6) is 0. The van der Waals surface area contributed by atoms with Crippen LogP contribution in [0.15, 0.2) is 0 Å². The highest BCUT2D eigenvalue weighted by atomic mass is 35.5. The van der Waals surface area contributed by atoms with Crippen molar-refractivity contribution >= 4 is 20.7 Å². The van der Waals surface area contributed by atoms with Crippen molar-refractivity contribution in [2.24, 2.45) is 0 Å². The Balaban J connectivity index is -0.000000109. The molecule has 1 atom stereocenters. The van der Waals surface area contributed by atoms with E-state index < -0.39 is 8.25 Å². The Hall–Kier alpha value is 0.440. The first-order chi connectivity index (χ1) is 3.77. The Morgan fingerprint density at radius 3 is 1.89 bits per heavy atom. The molecule has 5 heteroatoms. The van der Waals surface area contributed by atoms with E-state index in [4.69, 9.17) is 4.89 Å². The maximum absolute atomic E-state index is 9.56. The summed E-state index contributed by atoms with van der Waals surface area (Å²) >= 11 is 0. The van der Waals surface area contributed by atoms with Gasteiger partial charge in [0, 0.05) is 0 Å². The van der Waals surface area contributed by atoms with Crippen LogP contribution in [0.25, 0.3) is 0 Å². The summed E-state index contributed by atoms with van der Waals surface area (Å²) in [6, 6.07) is 0. The Kier molecular flexibility index (Phi) is 28.4. The summed E-state index contributed by atoms with van der Waals surface area (Å²) < 4.78 is 13.7. The third-order valence-corrected chi connectivity index (χ3v) is 0.803. The molecule has 0 amide bonds. The molecule has 0 radical (unpaired) electrons. The van der Waals surface area contributed by atoms with E-state index in [0.29, 0.717) is 6.61 Å². The molecule has 0 bridgehead atoms. The van der Waals surface area contributed by atoms with Crippen molar-refractivity contribution in [1.29, 1.82) is 0 Å². The van der Waals surface area contributed by atoms with Gasteiger partial charge < -0.3 is 9.42 Å². The monoisotopic (exact) mass is 176 g/mol. The minimum atomic E-state index is -2.64. The smallest absolute Gasteiger partial charge is 0.316 e. The van der Waals surface area contributed by atoms with Crippen LogP contribution in [-0.2, 0) is 9.09 Å². The lowest BCUT2D eigenvalue weighted by Gasteiger charge is -1.86. The summed E-state index contributed by atoms with van der Waals surface area (Å²) in [7, 11) is -2.64. The Morgan fingerprint density at radius 1 is 1.56 bits per heavy atom. The van der Waals surface area contributed by atoms with Gasteiger partial charge in [-0.15, -0.1) is 12.4 Å². The first-order valence-electron chi connectivity index (χ1n) is 2.63. The van der Waals surface area contributed by atoms with Crippen LogP contribution in [0.5, 0.6) is 0 Å². The van der Waals surface area contributed by atoms with Crippen molar-refractivity contribution in [3.63, 3.8) is 0 Å². The molecule has 0 saturated heterocycles. The second-order valence-electron chi connectivity index (χ2n) is 0.699. The standard InChI is InChI=1S/C2H7O3P.C2H6.ClH/c1-2-5-6(3)4;1-2;/h6H,2H2,1H3,(H,3,4);1-2H3;1H. The molecule has 0 aromatic carbocycles. The number of hydrogen-bond donors (Lipinski definition) is 1. The van der Waals surface area contributed by atoms with Crippen LogP contribution in [0.2, 0.25) is 0 Å². The molecule has 0 rings (SSSR count). The van der Waals surface area contributed by atoms with Gasteiger partial charge in [-0.3, -0.25) is 4.57 Å². The molecule has 0 saturated carbocycles. The normalized spacial score (nSPS) is 10.2. The summed E-state index contributed by atoms with van der Waals surface area (Å²) in [5, 5.41) is 0. The highest BCUT2D eigenvalue weighted by Crippen LogP contribution is 2.12. The number of rotatable bonds is 2. The van der Waals surface area contributed by atoms with Gasteiger partial charge in [0.1, 0.15) is 0 Å². The maximum atomic E-state index is 9.56. The zero-order valence-electron chi connectivity index (χ0n) is 5.88. The lowest BCUT2D eigenvalue weighted by molar-refractivity contribution is 0.297. The van der Waals surface area contributed by atoms with Gasteiger partial charge in [-0.2, -0.15) is 0 Å². The van der Waals surface area contributed by atoms with E-state index >= 15 is 0 Å². The van der Waals surface area contributed by atoms with Crippen molar-refractivity contribution in [1.82, 2.24) is 0 Å². The number of halogens is 1. The molecule has 0 aromatic rings. The van der Waals surface area contributed by atoms with E-state index in [2.05, 4.69) is 4.52 Å². The highest BCUT2D eigenvalue weighted by molar-refractivity contribution is 7.32. The van der Waals surface area contributed by atoms with E-state index in [9.17, 15) is 4.57 Å². The zero-order valence-corrected chi connectivity index (χ0v) is 7.70. The van der Waals surface area contributed by atoms with E-state index in [1.54, 1.807) is 6.92 Å². The molecule has 0 aliphatic rings. The van der Waals surface area contributed by atoms with Gasteiger partial charge in [-0.05, 0) is 6.92 Å². The highest BCUT2D eigenvalue weighted by Gasteiger charge is 1.81. The topological polar surface area (TPSA) is 46.5 Å². The van der Waals surface area contributed by atoms with Crippen molar-refractivity contribution in [2.45, 2.75) is 20.8 Å². The predicted molar refractivity (Wildman–Crippen MR) is 41.4 cm³/mol. The molecule has 0 heterocycles. The third kappa shape index (κ3) is 29.6. The molecular formula is C4H14ClO3P. The molecule has 60 valence electrons. The number of hydrogen-bond acceptors (Lipinski definition) is 2. The fourth-order valence-corrected chi connectivity index (χ4v) is 0.370. The van der Waals surface area contributed by atoms with Gasteiger partial charge in [0.05, 0.1) is 6.61 Å². The molecule has 1 N–H and O–H groups in total. The quantitative estimate of drug-likeness (QED) is 0.654. The van der Waals surface area contributed by atoms with E-state index in [1.165, 1.54) is 0 Å². The van der Waals surface area contributed by atoms with Gasteiger partial charge >= 0.3 is 8.25 Å². The van der Waals surface area contributed by atoms with E-state index in [0.717, 1.165) is 0 Å². The van der Waals surface area contributed by atoms with Crippen LogP contribution in [0.1, 0.15) is 20.8 Å². The van der Waals surface area contributed by atoms with Crippen LogP contribution in [0, 0.1) is 0 Å². The minimum absolute atomic E-state index is 0. The SMILES string of the molecule is CC.CCO[PH](=O)O.Cl. The van der Waals surface area contributed by atoms with Crippen LogP contribution < -0.4 is 0 Å². The van der Waals surface area contributed by atoms with Crippen molar-refractivity contribution < 1.29 is 14.0 Å². The third-order valence-electron chi connectivity index (χ3n) is 0.268. The fourth-order valence-electron chi connectivity index (χ4n) is 0.123. The van der Waals surface area contributed by atoms with Gasteiger partial charge in [0.2, 0.25) is 0 Å². The second-order valence-corrected chi connectivity index (χ2v) is 1.52. The predicted octanol–water partition coefficient (Wildman–Crippen LogP) is 1.85. The van der Waals surface area contributed by atoms with E-state index in [-0.39, 0.29) is 12.4 Å². The zero-order chi connectivity index (χ0) is 6.99. The van der Waals surface area contributed by atoms with Crippen LogP contribution >= 0.6 is 20.7 Å². The molecular weight excluding hydrogens is 162 g/mol. The lowest BCUT2D eigenvalue weighted by Crippen LogP contribution is -1.72. The summed E-state index contributed by atoms with van der Waals surface area (Å²) in [4.78, 5) is 7.88. The minimum Gasteiger partial charge on any atom is -0.326 e. The first kappa shape index (κ1) is 16.2. The Morgan fingerprint density at radius 2 is 1.89 bits per heavy atom. The van der Waals surface area contributed by atoms with Crippen LogP contribution in [0.3, 0.4) is 0 Å². The summed E-state index contributed by atoms with van der Waals surface area (Å²) in [5.41, 5.74) is 0. The van der Waals surface area contributed by atoms with Crippen molar-refractivity contribution in [2.75, 3.05) is 6.61 Å². The molecule has 0 spiro atoms. The molecule has 0 aromatic heterocycles. The maximum Gasteiger partial charge on any atom is 0.316 e. The molecule has 1 unspecified atom stereocenters. The Labute approximate surface area is 62.8 Å². The van der Waals surface area contributed by atoms with Crippen LogP contribution in [-0.4, -0.2) is 11.5 Å². The summed E-state index contributed by atoms with van der Waals surface area (Å²) in [6.07, 6.45) is 0. The van der Waals surface area contributed by atoms with Gasteiger partial charge in [-0.1, -0.05) is 13.8 Å². The van der Waals surface area contributed by atoms with Gasteiger partial charge in [-0.25, -0.2) is 0 Å².